The number of aryl methyl sites for hydroxylation is 2. The molecule has 12 heteroatoms. The summed E-state index contributed by atoms with van der Waals surface area (Å²) in [6, 6.07) is 12.1. The SMILES string of the molecule is Cc1ccc(C(=O)Nc2cc(N(C)CCc3ccncc3)cc(C(F)(F)F)c2)cc1N(N)/C=C(\N)c1cnn(C)c1C. The molecule has 9 nitrogen and oxygen atoms in total. The largest absolute Gasteiger partial charge is 0.416 e. The van der Waals surface area contributed by atoms with Crippen LogP contribution < -0.4 is 26.8 Å². The molecule has 220 valence electrons. The number of halogens is 3. The Morgan fingerprint density at radius 2 is 1.81 bits per heavy atom. The zero-order valence-corrected chi connectivity index (χ0v) is 23.8. The maximum absolute atomic E-state index is 13.8. The molecule has 2 heterocycles. The number of carbonyl (C=O) groups excluding carboxylic acids is 1. The molecule has 5 N–H and O–H groups in total. The number of nitrogens with zero attached hydrogens (tertiary/aromatic N) is 5. The van der Waals surface area contributed by atoms with E-state index in [1.165, 1.54) is 17.3 Å². The fourth-order valence-corrected chi connectivity index (χ4v) is 4.35. The second-order valence-electron chi connectivity index (χ2n) is 10.0. The van der Waals surface area contributed by atoms with Crippen molar-refractivity contribution < 1.29 is 18.0 Å². The highest BCUT2D eigenvalue weighted by atomic mass is 19.4. The van der Waals surface area contributed by atoms with Crippen LogP contribution in [0.25, 0.3) is 5.70 Å². The van der Waals surface area contributed by atoms with Gasteiger partial charge in [0.15, 0.2) is 0 Å². The van der Waals surface area contributed by atoms with Crippen LogP contribution in [0.5, 0.6) is 0 Å². The Morgan fingerprint density at radius 3 is 2.45 bits per heavy atom. The number of anilines is 3. The van der Waals surface area contributed by atoms with E-state index in [4.69, 9.17) is 11.6 Å². The fourth-order valence-electron chi connectivity index (χ4n) is 4.35. The van der Waals surface area contributed by atoms with Gasteiger partial charge in [-0.3, -0.25) is 19.5 Å². The van der Waals surface area contributed by atoms with E-state index in [0.717, 1.165) is 29.0 Å². The highest BCUT2D eigenvalue weighted by molar-refractivity contribution is 6.05. The van der Waals surface area contributed by atoms with Crippen molar-refractivity contribution in [2.24, 2.45) is 18.6 Å². The normalized spacial score (nSPS) is 11.9. The topological polar surface area (TPSA) is 118 Å². The van der Waals surface area contributed by atoms with Crippen LogP contribution in [-0.2, 0) is 19.6 Å². The molecular formula is C30H33F3N8O. The van der Waals surface area contributed by atoms with Crippen molar-refractivity contribution in [3.63, 3.8) is 0 Å². The number of rotatable bonds is 9. The standard InChI is InChI=1S/C30H33F3N8O/c1-19-5-6-22(13-28(19)41(35)18-27(34)26-17-37-40(4)20(26)2)29(42)38-24-14-23(30(31,32)33)15-25(16-24)39(3)12-9-21-7-10-36-11-8-21/h5-8,10-11,13-18H,9,12,34-35H2,1-4H3,(H,38,42)/b27-18-. The van der Waals surface area contributed by atoms with Gasteiger partial charge >= 0.3 is 6.18 Å². The number of benzene rings is 2. The average molecular weight is 579 g/mol. The molecule has 0 saturated heterocycles. The number of aromatic nitrogens is 3. The number of hydrogen-bond acceptors (Lipinski definition) is 7. The fraction of sp³-hybridized carbons (Fsp3) is 0.233. The van der Waals surface area contributed by atoms with Gasteiger partial charge in [-0.25, -0.2) is 5.84 Å². The predicted molar refractivity (Wildman–Crippen MR) is 159 cm³/mol. The van der Waals surface area contributed by atoms with E-state index in [1.54, 1.807) is 60.5 Å². The van der Waals surface area contributed by atoms with E-state index >= 15 is 0 Å². The van der Waals surface area contributed by atoms with Gasteiger partial charge in [0.2, 0.25) is 0 Å². The number of hydrogen-bond donors (Lipinski definition) is 3. The predicted octanol–water partition coefficient (Wildman–Crippen LogP) is 5.02. The molecular weight excluding hydrogens is 545 g/mol. The number of likely N-dealkylation sites (N-methyl/N-ethyl adjacent to an activating group) is 1. The third kappa shape index (κ3) is 7.07. The Kier molecular flexibility index (Phi) is 8.86. The molecule has 4 aromatic rings. The molecule has 0 radical (unpaired) electrons. The van der Waals surface area contributed by atoms with Gasteiger partial charge < -0.3 is 16.0 Å². The van der Waals surface area contributed by atoms with Gasteiger partial charge in [-0.1, -0.05) is 6.07 Å². The van der Waals surface area contributed by atoms with E-state index < -0.39 is 17.6 Å². The van der Waals surface area contributed by atoms with Crippen molar-refractivity contribution in [3.8, 4) is 0 Å². The van der Waals surface area contributed by atoms with Gasteiger partial charge in [0.1, 0.15) is 0 Å². The summed E-state index contributed by atoms with van der Waals surface area (Å²) in [6.45, 7) is 4.15. The molecule has 0 fully saturated rings. The summed E-state index contributed by atoms with van der Waals surface area (Å²) in [6.07, 6.45) is 2.50. The van der Waals surface area contributed by atoms with Crippen LogP contribution in [0, 0.1) is 13.8 Å². The number of amides is 1. The van der Waals surface area contributed by atoms with Crippen LogP contribution in [0.4, 0.5) is 30.2 Å². The lowest BCUT2D eigenvalue weighted by Crippen LogP contribution is -2.27. The van der Waals surface area contributed by atoms with Crippen LogP contribution >= 0.6 is 0 Å². The van der Waals surface area contributed by atoms with E-state index in [1.807, 2.05) is 26.0 Å². The summed E-state index contributed by atoms with van der Waals surface area (Å²) < 4.78 is 43.0. The first-order valence-electron chi connectivity index (χ1n) is 13.1. The van der Waals surface area contributed by atoms with Gasteiger partial charge in [0, 0.05) is 67.4 Å². The molecule has 1 amide bonds. The number of hydrazine groups is 1. The number of nitrogens with two attached hydrogens (primary N) is 2. The van der Waals surface area contributed by atoms with Gasteiger partial charge in [-0.05, 0) is 73.9 Å². The molecule has 2 aromatic heterocycles. The molecule has 42 heavy (non-hydrogen) atoms. The van der Waals surface area contributed by atoms with E-state index in [0.29, 0.717) is 35.6 Å². The Hall–Kier alpha value is -4.84. The Morgan fingerprint density at radius 1 is 1.10 bits per heavy atom. The van der Waals surface area contributed by atoms with Crippen molar-refractivity contribution >= 4 is 28.7 Å². The smallest absolute Gasteiger partial charge is 0.397 e. The van der Waals surface area contributed by atoms with Crippen molar-refractivity contribution in [2.75, 3.05) is 28.8 Å². The van der Waals surface area contributed by atoms with Crippen LogP contribution in [0.1, 0.15) is 38.3 Å². The van der Waals surface area contributed by atoms with Gasteiger partial charge in [-0.15, -0.1) is 0 Å². The number of carbonyl (C=O) groups is 1. The number of alkyl halides is 3. The van der Waals surface area contributed by atoms with E-state index in [2.05, 4.69) is 15.4 Å². The second kappa shape index (κ2) is 12.4. The summed E-state index contributed by atoms with van der Waals surface area (Å²) in [7, 11) is 3.50. The van der Waals surface area contributed by atoms with Crippen LogP contribution in [0.15, 0.2) is 73.3 Å². The first-order valence-corrected chi connectivity index (χ1v) is 13.1. The maximum Gasteiger partial charge on any atom is 0.416 e. The zero-order chi connectivity index (χ0) is 30.6. The highest BCUT2D eigenvalue weighted by Gasteiger charge is 2.32. The molecule has 0 spiro atoms. The van der Waals surface area contributed by atoms with Crippen molar-refractivity contribution in [1.29, 1.82) is 0 Å². The van der Waals surface area contributed by atoms with E-state index in [9.17, 15) is 18.0 Å². The Labute approximate surface area is 242 Å². The summed E-state index contributed by atoms with van der Waals surface area (Å²) in [5, 5.41) is 8.10. The third-order valence-electron chi connectivity index (χ3n) is 7.00. The molecule has 2 aromatic carbocycles. The van der Waals surface area contributed by atoms with Crippen LogP contribution in [0.2, 0.25) is 0 Å². The molecule has 0 bridgehead atoms. The molecule has 4 rings (SSSR count). The van der Waals surface area contributed by atoms with Crippen molar-refractivity contribution in [1.82, 2.24) is 14.8 Å². The van der Waals surface area contributed by atoms with Crippen LogP contribution in [0.3, 0.4) is 0 Å². The molecule has 0 aliphatic heterocycles. The lowest BCUT2D eigenvalue weighted by molar-refractivity contribution is -0.137. The maximum atomic E-state index is 13.8. The third-order valence-corrected chi connectivity index (χ3v) is 7.00. The molecule has 0 unspecified atom stereocenters. The average Bonchev–Trinajstić information content (AvgIpc) is 3.29. The monoisotopic (exact) mass is 578 g/mol. The first-order chi connectivity index (χ1) is 19.8. The van der Waals surface area contributed by atoms with Gasteiger partial charge in [-0.2, -0.15) is 18.3 Å². The lowest BCUT2D eigenvalue weighted by Gasteiger charge is -2.22. The number of nitrogens with one attached hydrogen (secondary N) is 1. The quantitative estimate of drug-likeness (QED) is 0.189. The minimum Gasteiger partial charge on any atom is -0.397 e. The van der Waals surface area contributed by atoms with Crippen LogP contribution in [-0.4, -0.2) is 34.3 Å². The summed E-state index contributed by atoms with van der Waals surface area (Å²) in [5.41, 5.74) is 10.1. The summed E-state index contributed by atoms with van der Waals surface area (Å²) in [5.74, 6) is 5.70. The highest BCUT2D eigenvalue weighted by Crippen LogP contribution is 2.34. The first kappa shape index (κ1) is 30.1. The van der Waals surface area contributed by atoms with Crippen molar-refractivity contribution in [2.45, 2.75) is 26.4 Å². The minimum atomic E-state index is -4.60. The summed E-state index contributed by atoms with van der Waals surface area (Å²) >= 11 is 0. The number of pyridine rings is 1. The Bertz CT molecular complexity index is 1600. The molecule has 0 aliphatic carbocycles. The summed E-state index contributed by atoms with van der Waals surface area (Å²) in [4.78, 5) is 18.9. The second-order valence-corrected chi connectivity index (χ2v) is 10.0. The zero-order valence-electron chi connectivity index (χ0n) is 23.8. The Balaban J connectivity index is 1.57. The van der Waals surface area contributed by atoms with E-state index in [-0.39, 0.29) is 11.3 Å². The lowest BCUT2D eigenvalue weighted by atomic mass is 10.1. The van der Waals surface area contributed by atoms with Crippen molar-refractivity contribution in [3.05, 3.63) is 107 Å². The van der Waals surface area contributed by atoms with Gasteiger partial charge in [0.05, 0.1) is 23.1 Å². The molecule has 0 saturated carbocycles. The minimum absolute atomic E-state index is 0.0171. The molecule has 0 aliphatic rings. The molecule has 0 atom stereocenters. The van der Waals surface area contributed by atoms with Gasteiger partial charge in [0.25, 0.3) is 5.91 Å².